The van der Waals surface area contributed by atoms with Crippen LogP contribution in [0.1, 0.15) is 11.1 Å². The van der Waals surface area contributed by atoms with Crippen LogP contribution in [0.25, 0.3) is 6.08 Å². The second-order valence-electron chi connectivity index (χ2n) is 5.15. The van der Waals surface area contributed by atoms with E-state index in [1.807, 2.05) is 0 Å². The summed E-state index contributed by atoms with van der Waals surface area (Å²) in [5.41, 5.74) is -1.01. The van der Waals surface area contributed by atoms with Crippen LogP contribution in [0.15, 0.2) is 59.0 Å². The first-order valence-electron chi connectivity index (χ1n) is 7.34. The van der Waals surface area contributed by atoms with E-state index in [4.69, 9.17) is 5.26 Å². The number of hydrogen-bond donors (Lipinski definition) is 1. The molecule has 1 amide bonds. The van der Waals surface area contributed by atoms with Gasteiger partial charge < -0.3 is 5.32 Å². The van der Waals surface area contributed by atoms with Crippen LogP contribution in [-0.2, 0) is 11.0 Å². The summed E-state index contributed by atoms with van der Waals surface area (Å²) in [6, 6.07) is 11.3. The van der Waals surface area contributed by atoms with E-state index >= 15 is 0 Å². The fourth-order valence-corrected chi connectivity index (χ4v) is 2.54. The summed E-state index contributed by atoms with van der Waals surface area (Å²) >= 11 is 0.340. The Balaban J connectivity index is 2.16. The molecule has 0 aliphatic carbocycles. The van der Waals surface area contributed by atoms with Gasteiger partial charge in [-0.25, -0.2) is 0 Å². The maximum atomic E-state index is 12.7. The molecule has 0 bridgehead atoms. The number of benzene rings is 2. The lowest BCUT2D eigenvalue weighted by molar-refractivity contribution is -0.137. The minimum atomic E-state index is -4.54. The molecule has 0 aliphatic rings. The van der Waals surface area contributed by atoms with Gasteiger partial charge in [0.05, 0.1) is 5.56 Å². The number of anilines is 1. The number of halogens is 5. The molecule has 0 heterocycles. The van der Waals surface area contributed by atoms with E-state index in [2.05, 4.69) is 5.32 Å². The van der Waals surface area contributed by atoms with Gasteiger partial charge in [0.15, 0.2) is 0 Å². The summed E-state index contributed by atoms with van der Waals surface area (Å²) in [6.45, 7) is 0. The highest BCUT2D eigenvalue weighted by atomic mass is 32.2. The van der Waals surface area contributed by atoms with Crippen molar-refractivity contribution in [2.24, 2.45) is 0 Å². The first-order valence-corrected chi connectivity index (χ1v) is 8.22. The van der Waals surface area contributed by atoms with Crippen LogP contribution < -0.4 is 5.32 Å². The number of nitrogens with zero attached hydrogens (tertiary/aromatic N) is 1. The van der Waals surface area contributed by atoms with E-state index < -0.39 is 29.0 Å². The average Bonchev–Trinajstić information content (AvgIpc) is 2.60. The third kappa shape index (κ3) is 6.11. The molecule has 140 valence electrons. The number of carbonyl (C=O) groups excluding carboxylic acids is 1. The topological polar surface area (TPSA) is 52.9 Å². The number of nitrogens with one attached hydrogen (secondary N) is 1. The number of rotatable bonds is 5. The van der Waals surface area contributed by atoms with Gasteiger partial charge >= 0.3 is 6.18 Å². The number of amides is 1. The molecule has 0 saturated carbocycles. The van der Waals surface area contributed by atoms with Gasteiger partial charge in [0.25, 0.3) is 11.7 Å². The van der Waals surface area contributed by atoms with Crippen LogP contribution in [0.4, 0.5) is 27.6 Å². The standard InChI is InChI=1S/C18H11F5N2OS/c19-17(20)27-15-6-4-14(5-7-15)25-16(26)12(10-24)8-11-2-1-3-13(9-11)18(21,22)23/h1-9,17H,(H,25,26). The van der Waals surface area contributed by atoms with Crippen molar-refractivity contribution >= 4 is 29.4 Å². The molecular weight excluding hydrogens is 387 g/mol. The Bertz CT molecular complexity index is 886. The van der Waals surface area contributed by atoms with Crippen LogP contribution in [-0.4, -0.2) is 11.7 Å². The van der Waals surface area contributed by atoms with Crippen molar-refractivity contribution < 1.29 is 26.7 Å². The summed E-state index contributed by atoms with van der Waals surface area (Å²) in [5.74, 6) is -3.41. The zero-order chi connectivity index (χ0) is 20.0. The lowest BCUT2D eigenvalue weighted by Crippen LogP contribution is -2.13. The van der Waals surface area contributed by atoms with E-state index in [-0.39, 0.29) is 11.3 Å². The van der Waals surface area contributed by atoms with Gasteiger partial charge in [0, 0.05) is 10.6 Å². The molecule has 0 atom stereocenters. The largest absolute Gasteiger partial charge is 0.416 e. The molecule has 2 rings (SSSR count). The zero-order valence-electron chi connectivity index (χ0n) is 13.4. The minimum absolute atomic E-state index is 0.0419. The average molecular weight is 398 g/mol. The van der Waals surface area contributed by atoms with E-state index in [0.717, 1.165) is 18.2 Å². The molecule has 0 unspecified atom stereocenters. The molecular formula is C18H11F5N2OS. The van der Waals surface area contributed by atoms with E-state index in [1.165, 1.54) is 36.4 Å². The van der Waals surface area contributed by atoms with E-state index in [1.54, 1.807) is 6.07 Å². The predicted octanol–water partition coefficient (Wildman–Crippen LogP) is 5.57. The van der Waals surface area contributed by atoms with E-state index in [9.17, 15) is 26.7 Å². The molecule has 0 spiro atoms. The monoisotopic (exact) mass is 398 g/mol. The molecule has 9 heteroatoms. The molecule has 27 heavy (non-hydrogen) atoms. The van der Waals surface area contributed by atoms with Crippen molar-refractivity contribution in [2.45, 2.75) is 16.8 Å². The van der Waals surface area contributed by atoms with Crippen molar-refractivity contribution in [3.05, 3.63) is 65.2 Å². The zero-order valence-corrected chi connectivity index (χ0v) is 14.2. The lowest BCUT2D eigenvalue weighted by Gasteiger charge is -2.08. The van der Waals surface area contributed by atoms with Crippen molar-refractivity contribution in [3.8, 4) is 6.07 Å². The summed E-state index contributed by atoms with van der Waals surface area (Å²) in [5, 5.41) is 11.5. The number of alkyl halides is 5. The van der Waals surface area contributed by atoms with E-state index in [0.29, 0.717) is 16.7 Å². The van der Waals surface area contributed by atoms with Gasteiger partial charge in [-0.3, -0.25) is 4.79 Å². The summed E-state index contributed by atoms with van der Waals surface area (Å²) in [6.07, 6.45) is -3.51. The Kier molecular flexibility index (Phi) is 6.58. The summed E-state index contributed by atoms with van der Waals surface area (Å²) in [7, 11) is 0. The maximum Gasteiger partial charge on any atom is 0.416 e. The second kappa shape index (κ2) is 8.68. The van der Waals surface area contributed by atoms with Crippen molar-refractivity contribution in [1.29, 1.82) is 5.26 Å². The Hall–Kier alpha value is -2.86. The Morgan fingerprint density at radius 2 is 1.81 bits per heavy atom. The Labute approximate surface area is 155 Å². The van der Waals surface area contributed by atoms with Crippen LogP contribution in [0.2, 0.25) is 0 Å². The molecule has 0 aromatic heterocycles. The number of carbonyl (C=O) groups is 1. The normalized spacial score (nSPS) is 12.0. The predicted molar refractivity (Wildman–Crippen MR) is 92.0 cm³/mol. The van der Waals surface area contributed by atoms with Crippen LogP contribution in [0.5, 0.6) is 0 Å². The smallest absolute Gasteiger partial charge is 0.321 e. The molecule has 2 aromatic carbocycles. The highest BCUT2D eigenvalue weighted by Gasteiger charge is 2.30. The molecule has 3 nitrogen and oxygen atoms in total. The van der Waals surface area contributed by atoms with Gasteiger partial charge in [-0.2, -0.15) is 27.2 Å². The van der Waals surface area contributed by atoms with Crippen molar-refractivity contribution in [2.75, 3.05) is 5.32 Å². The summed E-state index contributed by atoms with van der Waals surface area (Å²) in [4.78, 5) is 12.4. The van der Waals surface area contributed by atoms with Gasteiger partial charge in [0.2, 0.25) is 0 Å². The Morgan fingerprint density at radius 1 is 1.15 bits per heavy atom. The molecule has 0 saturated heterocycles. The third-order valence-electron chi connectivity index (χ3n) is 3.23. The van der Waals surface area contributed by atoms with Crippen molar-refractivity contribution in [3.63, 3.8) is 0 Å². The molecule has 0 fully saturated rings. The number of nitriles is 1. The minimum Gasteiger partial charge on any atom is -0.321 e. The quantitative estimate of drug-likeness (QED) is 0.310. The highest BCUT2D eigenvalue weighted by Crippen LogP contribution is 2.30. The van der Waals surface area contributed by atoms with Gasteiger partial charge in [-0.15, -0.1) is 0 Å². The Morgan fingerprint density at radius 3 is 2.37 bits per heavy atom. The fourth-order valence-electron chi connectivity index (χ4n) is 2.04. The lowest BCUT2D eigenvalue weighted by atomic mass is 10.1. The molecule has 0 radical (unpaired) electrons. The second-order valence-corrected chi connectivity index (χ2v) is 6.21. The maximum absolute atomic E-state index is 12.7. The number of hydrogen-bond acceptors (Lipinski definition) is 3. The van der Waals surface area contributed by atoms with Crippen LogP contribution in [0, 0.1) is 11.3 Å². The first-order chi connectivity index (χ1) is 12.7. The molecule has 0 aliphatic heterocycles. The summed E-state index contributed by atoms with van der Waals surface area (Å²) < 4.78 is 62.7. The van der Waals surface area contributed by atoms with Gasteiger partial charge in [-0.05, 0) is 48.0 Å². The third-order valence-corrected chi connectivity index (χ3v) is 3.95. The SMILES string of the molecule is N#CC(=Cc1cccc(C(F)(F)F)c1)C(=O)Nc1ccc(SC(F)F)cc1. The fraction of sp³-hybridized carbons (Fsp3) is 0.111. The van der Waals surface area contributed by atoms with Crippen LogP contribution in [0.3, 0.4) is 0 Å². The molecule has 1 N–H and O–H groups in total. The number of thioether (sulfide) groups is 1. The highest BCUT2D eigenvalue weighted by molar-refractivity contribution is 7.99. The molecule has 2 aromatic rings. The van der Waals surface area contributed by atoms with Gasteiger partial charge in [-0.1, -0.05) is 23.9 Å². The first kappa shape index (κ1) is 20.5. The van der Waals surface area contributed by atoms with Crippen molar-refractivity contribution in [1.82, 2.24) is 0 Å². The van der Waals surface area contributed by atoms with Crippen LogP contribution >= 0.6 is 11.8 Å². The van der Waals surface area contributed by atoms with Gasteiger partial charge in [0.1, 0.15) is 11.6 Å².